The van der Waals surface area contributed by atoms with Crippen molar-refractivity contribution >= 4 is 28.8 Å². The van der Waals surface area contributed by atoms with Crippen LogP contribution in [0.3, 0.4) is 0 Å². The molecule has 0 atom stereocenters. The van der Waals surface area contributed by atoms with Crippen LogP contribution in [0.4, 0.5) is 17.2 Å². The summed E-state index contributed by atoms with van der Waals surface area (Å²) in [6.45, 7) is 0.713. The van der Waals surface area contributed by atoms with Crippen LogP contribution in [0, 0.1) is 0 Å². The SMILES string of the molecule is CN(C)Cc1ccc(-c2cc(N(C)c3ccc(Cl)cc3)ccc2O)nc1N. The Bertz CT molecular complexity index is 941. The third-order valence-electron chi connectivity index (χ3n) is 4.36. The van der Waals surface area contributed by atoms with E-state index in [2.05, 4.69) is 4.98 Å². The molecule has 0 aliphatic carbocycles. The highest BCUT2D eigenvalue weighted by Crippen LogP contribution is 2.35. The summed E-state index contributed by atoms with van der Waals surface area (Å²) in [5.41, 5.74) is 10.3. The minimum atomic E-state index is 0.163. The molecule has 0 amide bonds. The zero-order chi connectivity index (χ0) is 19.6. The summed E-state index contributed by atoms with van der Waals surface area (Å²) in [7, 11) is 5.92. The number of halogens is 1. The first-order valence-corrected chi connectivity index (χ1v) is 8.96. The van der Waals surface area contributed by atoms with Crippen molar-refractivity contribution in [1.29, 1.82) is 0 Å². The van der Waals surface area contributed by atoms with Crippen molar-refractivity contribution in [2.45, 2.75) is 6.54 Å². The van der Waals surface area contributed by atoms with Gasteiger partial charge in [0.1, 0.15) is 11.6 Å². The third-order valence-corrected chi connectivity index (χ3v) is 4.61. The van der Waals surface area contributed by atoms with E-state index >= 15 is 0 Å². The molecule has 5 nitrogen and oxygen atoms in total. The van der Waals surface area contributed by atoms with Gasteiger partial charge in [0.25, 0.3) is 0 Å². The molecule has 6 heteroatoms. The molecule has 0 fully saturated rings. The second-order valence-corrected chi connectivity index (χ2v) is 7.15. The molecule has 2 aromatic carbocycles. The van der Waals surface area contributed by atoms with Crippen LogP contribution in [0.1, 0.15) is 5.56 Å². The largest absolute Gasteiger partial charge is 0.507 e. The van der Waals surface area contributed by atoms with Crippen molar-refractivity contribution in [2.24, 2.45) is 0 Å². The number of anilines is 3. The summed E-state index contributed by atoms with van der Waals surface area (Å²) in [4.78, 5) is 8.55. The Kier molecular flexibility index (Phi) is 5.54. The Morgan fingerprint density at radius 3 is 2.26 bits per heavy atom. The second kappa shape index (κ2) is 7.86. The minimum Gasteiger partial charge on any atom is -0.507 e. The monoisotopic (exact) mass is 382 g/mol. The molecule has 27 heavy (non-hydrogen) atoms. The summed E-state index contributed by atoms with van der Waals surface area (Å²) in [5, 5.41) is 11.0. The van der Waals surface area contributed by atoms with E-state index in [-0.39, 0.29) is 5.75 Å². The predicted octanol–water partition coefficient (Wildman–Crippen LogP) is 4.52. The van der Waals surface area contributed by atoms with Gasteiger partial charge in [0.05, 0.1) is 5.69 Å². The maximum absolute atomic E-state index is 10.4. The molecule has 0 saturated carbocycles. The van der Waals surface area contributed by atoms with Gasteiger partial charge >= 0.3 is 0 Å². The smallest absolute Gasteiger partial charge is 0.128 e. The maximum Gasteiger partial charge on any atom is 0.128 e. The molecule has 0 aliphatic heterocycles. The average Bonchev–Trinajstić information content (AvgIpc) is 2.63. The van der Waals surface area contributed by atoms with Gasteiger partial charge in [0.2, 0.25) is 0 Å². The Hall–Kier alpha value is -2.76. The standard InChI is InChI=1S/C21H23ClN4O/c1-25(2)13-14-4-10-19(24-21(14)23)18-12-17(9-11-20(18)27)26(3)16-7-5-15(22)6-8-16/h4-12,27H,13H2,1-3H3,(H2,23,24). The highest BCUT2D eigenvalue weighted by molar-refractivity contribution is 6.30. The van der Waals surface area contributed by atoms with Crippen LogP contribution < -0.4 is 10.6 Å². The first-order chi connectivity index (χ1) is 12.8. The molecule has 0 saturated heterocycles. The summed E-state index contributed by atoms with van der Waals surface area (Å²) >= 11 is 5.97. The summed E-state index contributed by atoms with van der Waals surface area (Å²) in [6, 6.07) is 16.9. The first kappa shape index (κ1) is 19.0. The molecule has 3 N–H and O–H groups in total. The molecular formula is C21H23ClN4O. The van der Waals surface area contributed by atoms with Gasteiger partial charge in [-0.2, -0.15) is 0 Å². The van der Waals surface area contributed by atoms with Crippen molar-refractivity contribution in [2.75, 3.05) is 31.8 Å². The summed E-state index contributed by atoms with van der Waals surface area (Å²) in [5.74, 6) is 0.632. The summed E-state index contributed by atoms with van der Waals surface area (Å²) in [6.07, 6.45) is 0. The van der Waals surface area contributed by atoms with Crippen LogP contribution in [0.25, 0.3) is 11.3 Å². The second-order valence-electron chi connectivity index (χ2n) is 6.72. The normalized spacial score (nSPS) is 11.0. The third kappa shape index (κ3) is 4.32. The van der Waals surface area contributed by atoms with E-state index < -0.39 is 0 Å². The van der Waals surface area contributed by atoms with Gasteiger partial charge in [-0.1, -0.05) is 17.7 Å². The molecule has 0 spiro atoms. The maximum atomic E-state index is 10.4. The number of phenolic OH excluding ortho intramolecular Hbond substituents is 1. The van der Waals surface area contributed by atoms with Crippen molar-refractivity contribution in [1.82, 2.24) is 9.88 Å². The topological polar surface area (TPSA) is 65.6 Å². The Balaban J connectivity index is 1.96. The fourth-order valence-electron chi connectivity index (χ4n) is 2.88. The van der Waals surface area contributed by atoms with Crippen molar-refractivity contribution in [3.05, 3.63) is 65.2 Å². The summed E-state index contributed by atoms with van der Waals surface area (Å²) < 4.78 is 0. The van der Waals surface area contributed by atoms with Gasteiger partial charge in [-0.05, 0) is 62.6 Å². The number of pyridine rings is 1. The molecule has 0 unspecified atom stereocenters. The number of rotatable bonds is 5. The van der Waals surface area contributed by atoms with E-state index in [9.17, 15) is 5.11 Å². The van der Waals surface area contributed by atoms with E-state index in [0.29, 0.717) is 28.6 Å². The Labute approximate surface area is 164 Å². The highest BCUT2D eigenvalue weighted by Gasteiger charge is 2.12. The van der Waals surface area contributed by atoms with E-state index in [0.717, 1.165) is 16.9 Å². The lowest BCUT2D eigenvalue weighted by Crippen LogP contribution is -2.13. The van der Waals surface area contributed by atoms with E-state index in [1.807, 2.05) is 79.5 Å². The van der Waals surface area contributed by atoms with Crippen LogP contribution in [0.2, 0.25) is 5.02 Å². The fourth-order valence-corrected chi connectivity index (χ4v) is 3.01. The van der Waals surface area contributed by atoms with Gasteiger partial charge < -0.3 is 20.6 Å². The fraction of sp³-hybridized carbons (Fsp3) is 0.190. The lowest BCUT2D eigenvalue weighted by molar-refractivity contribution is 0.403. The number of hydrogen-bond acceptors (Lipinski definition) is 5. The molecule has 140 valence electrons. The van der Waals surface area contributed by atoms with Crippen LogP contribution in [-0.2, 0) is 6.54 Å². The number of nitrogens with two attached hydrogens (primary N) is 1. The molecule has 3 aromatic rings. The van der Waals surface area contributed by atoms with E-state index in [1.54, 1.807) is 6.07 Å². The highest BCUT2D eigenvalue weighted by atomic mass is 35.5. The van der Waals surface area contributed by atoms with Crippen LogP contribution in [0.15, 0.2) is 54.6 Å². The molecule has 1 heterocycles. The van der Waals surface area contributed by atoms with Gasteiger partial charge in [-0.25, -0.2) is 4.98 Å². The van der Waals surface area contributed by atoms with Gasteiger partial charge in [-0.15, -0.1) is 0 Å². The average molecular weight is 383 g/mol. The molecule has 3 rings (SSSR count). The quantitative estimate of drug-likeness (QED) is 0.679. The van der Waals surface area contributed by atoms with Crippen molar-refractivity contribution in [3.8, 4) is 17.0 Å². The molecule has 0 aliphatic rings. The molecular weight excluding hydrogens is 360 g/mol. The lowest BCUT2D eigenvalue weighted by Gasteiger charge is -2.21. The minimum absolute atomic E-state index is 0.163. The number of benzene rings is 2. The van der Waals surface area contributed by atoms with Crippen LogP contribution >= 0.6 is 11.6 Å². The zero-order valence-electron chi connectivity index (χ0n) is 15.6. The number of aromatic nitrogens is 1. The zero-order valence-corrected chi connectivity index (χ0v) is 16.4. The van der Waals surface area contributed by atoms with Crippen molar-refractivity contribution < 1.29 is 5.11 Å². The van der Waals surface area contributed by atoms with Gasteiger partial charge in [-0.3, -0.25) is 0 Å². The molecule has 1 aromatic heterocycles. The Morgan fingerprint density at radius 1 is 0.963 bits per heavy atom. The van der Waals surface area contributed by atoms with E-state index in [4.69, 9.17) is 17.3 Å². The number of hydrogen-bond donors (Lipinski definition) is 2. The molecule has 0 radical (unpaired) electrons. The first-order valence-electron chi connectivity index (χ1n) is 8.58. The number of nitrogens with zero attached hydrogens (tertiary/aromatic N) is 3. The molecule has 0 bridgehead atoms. The number of phenols is 1. The predicted molar refractivity (Wildman–Crippen MR) is 113 cm³/mol. The number of nitrogen functional groups attached to an aromatic ring is 1. The van der Waals surface area contributed by atoms with Gasteiger partial charge in [0.15, 0.2) is 0 Å². The van der Waals surface area contributed by atoms with Crippen LogP contribution in [-0.4, -0.2) is 36.1 Å². The lowest BCUT2D eigenvalue weighted by atomic mass is 10.1. The van der Waals surface area contributed by atoms with E-state index in [1.165, 1.54) is 0 Å². The Morgan fingerprint density at radius 2 is 1.63 bits per heavy atom. The van der Waals surface area contributed by atoms with Crippen LogP contribution in [0.5, 0.6) is 5.75 Å². The van der Waals surface area contributed by atoms with Crippen molar-refractivity contribution in [3.63, 3.8) is 0 Å². The van der Waals surface area contributed by atoms with Gasteiger partial charge in [0, 0.05) is 41.1 Å². The number of aromatic hydroxyl groups is 1.